The van der Waals surface area contributed by atoms with Gasteiger partial charge >= 0.3 is 12.0 Å². The summed E-state index contributed by atoms with van der Waals surface area (Å²) in [5.41, 5.74) is -1.03. The molecule has 0 aromatic heterocycles. The highest BCUT2D eigenvalue weighted by atomic mass is 19.1. The molecule has 2 unspecified atom stereocenters. The Morgan fingerprint density at radius 2 is 2.09 bits per heavy atom. The molecular weight excluding hydrogens is 419 g/mol. The summed E-state index contributed by atoms with van der Waals surface area (Å²) in [4.78, 5) is 52.0. The van der Waals surface area contributed by atoms with Gasteiger partial charge in [0, 0.05) is 6.54 Å². The molecule has 1 aliphatic carbocycles. The molecule has 2 fully saturated rings. The molecule has 1 spiro atoms. The second-order valence-corrected chi connectivity index (χ2v) is 8.01. The van der Waals surface area contributed by atoms with E-state index < -0.39 is 48.3 Å². The predicted octanol–water partition coefficient (Wildman–Crippen LogP) is 2.12. The van der Waals surface area contributed by atoms with Gasteiger partial charge in [0.15, 0.2) is 6.61 Å². The number of rotatable bonds is 7. The Morgan fingerprint density at radius 3 is 2.78 bits per heavy atom. The average molecular weight is 444 g/mol. The van der Waals surface area contributed by atoms with Crippen molar-refractivity contribution in [1.82, 2.24) is 10.2 Å². The lowest BCUT2D eigenvalue weighted by molar-refractivity contribution is -0.151. The second kappa shape index (κ2) is 9.77. The number of urea groups is 1. The lowest BCUT2D eigenvalue weighted by Gasteiger charge is -2.36. The SMILES string of the molecule is CC1CCCCC12NC(=O)N(CC(=O)OCC(=O)N(CCC#N)c1ccccc1F)C2=O. The first-order chi connectivity index (χ1) is 15.3. The second-order valence-electron chi connectivity index (χ2n) is 8.01. The Kier molecular flexibility index (Phi) is 7.08. The monoisotopic (exact) mass is 444 g/mol. The van der Waals surface area contributed by atoms with Crippen molar-refractivity contribution < 1.29 is 28.3 Å². The van der Waals surface area contributed by atoms with Crippen LogP contribution in [0.15, 0.2) is 24.3 Å². The first kappa shape index (κ1) is 23.2. The number of halogens is 1. The third kappa shape index (κ3) is 4.56. The molecule has 1 saturated heterocycles. The Morgan fingerprint density at radius 1 is 1.34 bits per heavy atom. The summed E-state index contributed by atoms with van der Waals surface area (Å²) >= 11 is 0. The van der Waals surface area contributed by atoms with Gasteiger partial charge in [0.1, 0.15) is 17.9 Å². The number of benzene rings is 1. The summed E-state index contributed by atoms with van der Waals surface area (Å²) in [6.07, 6.45) is 3.04. The van der Waals surface area contributed by atoms with Crippen LogP contribution >= 0.6 is 0 Å². The van der Waals surface area contributed by atoms with Crippen LogP contribution in [0, 0.1) is 23.1 Å². The highest BCUT2D eigenvalue weighted by Crippen LogP contribution is 2.38. The van der Waals surface area contributed by atoms with Gasteiger partial charge in [0.25, 0.3) is 11.8 Å². The zero-order valence-corrected chi connectivity index (χ0v) is 17.8. The molecule has 2 atom stereocenters. The number of amides is 4. The summed E-state index contributed by atoms with van der Waals surface area (Å²) in [6, 6.07) is 6.78. The number of nitrogens with one attached hydrogen (secondary N) is 1. The van der Waals surface area contributed by atoms with E-state index in [4.69, 9.17) is 10.00 Å². The largest absolute Gasteiger partial charge is 0.454 e. The van der Waals surface area contributed by atoms with Crippen LogP contribution in [0.2, 0.25) is 0 Å². The zero-order valence-electron chi connectivity index (χ0n) is 17.8. The van der Waals surface area contributed by atoms with E-state index in [1.807, 2.05) is 13.0 Å². The van der Waals surface area contributed by atoms with Crippen LogP contribution in [-0.4, -0.2) is 54.0 Å². The number of para-hydroxylation sites is 1. The lowest BCUT2D eigenvalue weighted by Crippen LogP contribution is -2.54. The molecule has 0 bridgehead atoms. The van der Waals surface area contributed by atoms with Crippen LogP contribution in [-0.2, 0) is 19.1 Å². The fourth-order valence-electron chi connectivity index (χ4n) is 4.25. The number of ether oxygens (including phenoxy) is 1. The van der Waals surface area contributed by atoms with Crippen LogP contribution in [0.1, 0.15) is 39.0 Å². The van der Waals surface area contributed by atoms with Gasteiger partial charge < -0.3 is 15.0 Å². The van der Waals surface area contributed by atoms with Crippen molar-refractivity contribution >= 4 is 29.5 Å². The van der Waals surface area contributed by atoms with Crippen molar-refractivity contribution in [1.29, 1.82) is 5.26 Å². The van der Waals surface area contributed by atoms with E-state index in [1.165, 1.54) is 24.3 Å². The van der Waals surface area contributed by atoms with Crippen molar-refractivity contribution in [2.75, 3.05) is 24.6 Å². The highest BCUT2D eigenvalue weighted by Gasteiger charge is 2.55. The molecule has 0 radical (unpaired) electrons. The van der Waals surface area contributed by atoms with E-state index in [0.29, 0.717) is 6.42 Å². The lowest BCUT2D eigenvalue weighted by atomic mass is 9.73. The summed E-state index contributed by atoms with van der Waals surface area (Å²) in [5, 5.41) is 11.6. The maximum atomic E-state index is 14.1. The number of anilines is 1. The van der Waals surface area contributed by atoms with Crippen molar-refractivity contribution in [3.63, 3.8) is 0 Å². The van der Waals surface area contributed by atoms with E-state index in [2.05, 4.69) is 5.32 Å². The number of carbonyl (C=O) groups is 4. The molecular formula is C22H25FN4O5. The number of hydrogen-bond acceptors (Lipinski definition) is 6. The van der Waals surface area contributed by atoms with Crippen LogP contribution in [0.3, 0.4) is 0 Å². The normalized spacial score (nSPS) is 22.4. The Labute approximate surface area is 185 Å². The molecule has 1 saturated carbocycles. The Bertz CT molecular complexity index is 962. The first-order valence-electron chi connectivity index (χ1n) is 10.5. The Balaban J connectivity index is 1.61. The predicted molar refractivity (Wildman–Crippen MR) is 111 cm³/mol. The van der Waals surface area contributed by atoms with E-state index in [9.17, 15) is 23.6 Å². The zero-order chi connectivity index (χ0) is 23.3. The minimum Gasteiger partial charge on any atom is -0.454 e. The highest BCUT2D eigenvalue weighted by molar-refractivity contribution is 6.09. The standard InChI is InChI=1S/C22H25FN4O5/c1-15-7-4-5-10-22(15)20(30)27(21(31)25-22)13-19(29)32-14-18(28)26(12-6-11-24)17-9-3-2-8-16(17)23/h2-3,8-9,15H,4-7,10,12-14H2,1H3,(H,25,31). The molecule has 4 amide bonds. The summed E-state index contributed by atoms with van der Waals surface area (Å²) in [6.45, 7) is 0.478. The molecule has 2 aliphatic rings. The van der Waals surface area contributed by atoms with Gasteiger partial charge in [-0.15, -0.1) is 0 Å². The van der Waals surface area contributed by atoms with Crippen molar-refractivity contribution in [3.05, 3.63) is 30.1 Å². The van der Waals surface area contributed by atoms with Crippen LogP contribution < -0.4 is 10.2 Å². The summed E-state index contributed by atoms with van der Waals surface area (Å²) < 4.78 is 19.1. The van der Waals surface area contributed by atoms with E-state index in [0.717, 1.165) is 29.1 Å². The van der Waals surface area contributed by atoms with E-state index in [1.54, 1.807) is 0 Å². The van der Waals surface area contributed by atoms with Gasteiger partial charge in [-0.05, 0) is 30.9 Å². The maximum absolute atomic E-state index is 14.1. The van der Waals surface area contributed by atoms with E-state index in [-0.39, 0.29) is 24.6 Å². The number of nitrogens with zero attached hydrogens (tertiary/aromatic N) is 3. The van der Waals surface area contributed by atoms with Gasteiger partial charge in [-0.3, -0.25) is 19.3 Å². The molecule has 10 heteroatoms. The van der Waals surface area contributed by atoms with Crippen molar-refractivity contribution in [2.45, 2.75) is 44.6 Å². The van der Waals surface area contributed by atoms with E-state index >= 15 is 0 Å². The maximum Gasteiger partial charge on any atom is 0.326 e. The van der Waals surface area contributed by atoms with Crippen LogP contribution in [0.4, 0.5) is 14.9 Å². The average Bonchev–Trinajstić information content (AvgIpc) is 3.00. The van der Waals surface area contributed by atoms with Gasteiger partial charge in [0.05, 0.1) is 18.2 Å². The molecule has 32 heavy (non-hydrogen) atoms. The number of esters is 1. The quantitative estimate of drug-likeness (QED) is 0.508. The van der Waals surface area contributed by atoms with Gasteiger partial charge in [-0.25, -0.2) is 9.18 Å². The summed E-state index contributed by atoms with van der Waals surface area (Å²) in [7, 11) is 0. The van der Waals surface area contributed by atoms with Gasteiger partial charge in [-0.2, -0.15) is 5.26 Å². The topological polar surface area (TPSA) is 120 Å². The van der Waals surface area contributed by atoms with Gasteiger partial charge in [-0.1, -0.05) is 31.9 Å². The van der Waals surface area contributed by atoms with Crippen LogP contribution in [0.5, 0.6) is 0 Å². The third-order valence-electron chi connectivity index (χ3n) is 6.04. The van der Waals surface area contributed by atoms with Crippen molar-refractivity contribution in [2.24, 2.45) is 5.92 Å². The summed E-state index contributed by atoms with van der Waals surface area (Å²) in [5.74, 6) is -2.83. The molecule has 1 aromatic rings. The minimum atomic E-state index is -0.996. The van der Waals surface area contributed by atoms with Crippen LogP contribution in [0.25, 0.3) is 0 Å². The number of carbonyl (C=O) groups excluding carboxylic acids is 4. The molecule has 9 nitrogen and oxygen atoms in total. The number of hydrogen-bond donors (Lipinski definition) is 1. The third-order valence-corrected chi connectivity index (χ3v) is 6.04. The molecule has 1 heterocycles. The van der Waals surface area contributed by atoms with Crippen molar-refractivity contribution in [3.8, 4) is 6.07 Å². The fraction of sp³-hybridized carbons (Fsp3) is 0.500. The molecule has 1 N–H and O–H groups in total. The first-order valence-corrected chi connectivity index (χ1v) is 10.5. The molecule has 170 valence electrons. The molecule has 3 rings (SSSR count). The fourth-order valence-corrected chi connectivity index (χ4v) is 4.25. The number of nitriles is 1. The minimum absolute atomic E-state index is 0.0360. The van der Waals surface area contributed by atoms with Gasteiger partial charge in [0.2, 0.25) is 0 Å². The smallest absolute Gasteiger partial charge is 0.326 e. The number of imide groups is 1. The Hall–Kier alpha value is -3.48. The molecule has 1 aliphatic heterocycles. The molecule has 1 aromatic carbocycles.